The van der Waals surface area contributed by atoms with Crippen molar-refractivity contribution < 1.29 is 4.79 Å². The highest BCUT2D eigenvalue weighted by Gasteiger charge is 2.17. The molecule has 2 aromatic rings. The van der Waals surface area contributed by atoms with Gasteiger partial charge in [-0.05, 0) is 19.1 Å². The van der Waals surface area contributed by atoms with Crippen LogP contribution in [0.2, 0.25) is 0 Å². The van der Waals surface area contributed by atoms with E-state index in [4.69, 9.17) is 5.73 Å². The molecule has 0 radical (unpaired) electrons. The fourth-order valence-electron chi connectivity index (χ4n) is 1.70. The van der Waals surface area contributed by atoms with Crippen molar-refractivity contribution in [1.82, 2.24) is 20.1 Å². The van der Waals surface area contributed by atoms with Crippen molar-refractivity contribution >= 4 is 11.6 Å². The maximum Gasteiger partial charge on any atom is 0.272 e. The molecule has 2 heterocycles. The normalized spacial score (nSPS) is 12.1. The van der Waals surface area contributed by atoms with Crippen molar-refractivity contribution in [3.8, 4) is 0 Å². The van der Waals surface area contributed by atoms with Gasteiger partial charge in [0.25, 0.3) is 5.91 Å². The Bertz CT molecular complexity index is 529. The van der Waals surface area contributed by atoms with Crippen molar-refractivity contribution in [1.29, 1.82) is 0 Å². The van der Waals surface area contributed by atoms with Crippen molar-refractivity contribution in [2.24, 2.45) is 7.05 Å². The highest BCUT2D eigenvalue weighted by atomic mass is 16.2. The van der Waals surface area contributed by atoms with Gasteiger partial charge >= 0.3 is 0 Å². The van der Waals surface area contributed by atoms with Crippen LogP contribution in [-0.2, 0) is 7.05 Å². The number of hydrogen-bond donors (Lipinski definition) is 2. The number of rotatable bonds is 3. The molecule has 1 atom stereocenters. The maximum atomic E-state index is 12.1. The SMILES string of the molecule is CC(NC(=O)c1c(N)cnn1C)c1ccccn1. The van der Waals surface area contributed by atoms with Crippen LogP contribution in [0.25, 0.3) is 0 Å². The van der Waals surface area contributed by atoms with E-state index in [9.17, 15) is 4.79 Å². The van der Waals surface area contributed by atoms with Gasteiger partial charge in [-0.2, -0.15) is 5.10 Å². The first-order valence-corrected chi connectivity index (χ1v) is 5.59. The topological polar surface area (TPSA) is 85.8 Å². The van der Waals surface area contributed by atoms with Gasteiger partial charge in [0.1, 0.15) is 5.69 Å². The molecule has 0 aliphatic rings. The summed E-state index contributed by atoms with van der Waals surface area (Å²) in [4.78, 5) is 16.2. The first-order chi connectivity index (χ1) is 8.59. The predicted molar refractivity (Wildman–Crippen MR) is 67.7 cm³/mol. The van der Waals surface area contributed by atoms with Crippen molar-refractivity contribution in [3.05, 3.63) is 42.0 Å². The summed E-state index contributed by atoms with van der Waals surface area (Å²) in [5.41, 5.74) is 7.22. The van der Waals surface area contributed by atoms with Crippen LogP contribution in [0.3, 0.4) is 0 Å². The van der Waals surface area contributed by atoms with Crippen LogP contribution in [0.4, 0.5) is 5.69 Å². The van der Waals surface area contributed by atoms with Gasteiger partial charge in [0.05, 0.1) is 23.6 Å². The summed E-state index contributed by atoms with van der Waals surface area (Å²) >= 11 is 0. The van der Waals surface area contributed by atoms with Crippen molar-refractivity contribution in [2.75, 3.05) is 5.73 Å². The Morgan fingerprint density at radius 3 is 2.83 bits per heavy atom. The summed E-state index contributed by atoms with van der Waals surface area (Å²) in [6.45, 7) is 1.87. The number of aromatic nitrogens is 3. The molecule has 3 N–H and O–H groups in total. The molecule has 0 spiro atoms. The fourth-order valence-corrected chi connectivity index (χ4v) is 1.70. The Morgan fingerprint density at radius 1 is 1.50 bits per heavy atom. The zero-order valence-electron chi connectivity index (χ0n) is 10.3. The number of amides is 1. The van der Waals surface area contributed by atoms with Crippen LogP contribution in [0.15, 0.2) is 30.6 Å². The lowest BCUT2D eigenvalue weighted by atomic mass is 10.2. The molecule has 1 unspecified atom stereocenters. The van der Waals surface area contributed by atoms with Gasteiger partial charge < -0.3 is 11.1 Å². The molecule has 0 saturated carbocycles. The minimum atomic E-state index is -0.259. The summed E-state index contributed by atoms with van der Waals surface area (Å²) in [6.07, 6.45) is 3.15. The van der Waals surface area contributed by atoms with Gasteiger partial charge in [0.2, 0.25) is 0 Å². The number of carbonyl (C=O) groups excluding carboxylic acids is 1. The third-order valence-corrected chi connectivity index (χ3v) is 2.66. The van der Waals surface area contributed by atoms with E-state index < -0.39 is 0 Å². The first kappa shape index (κ1) is 12.1. The Hall–Kier alpha value is -2.37. The van der Waals surface area contributed by atoms with Crippen LogP contribution < -0.4 is 11.1 Å². The lowest BCUT2D eigenvalue weighted by Gasteiger charge is -2.13. The monoisotopic (exact) mass is 245 g/mol. The predicted octanol–water partition coefficient (Wildman–Crippen LogP) is 0.888. The van der Waals surface area contributed by atoms with E-state index >= 15 is 0 Å². The summed E-state index contributed by atoms with van der Waals surface area (Å²) in [6, 6.07) is 5.38. The number of carbonyl (C=O) groups is 1. The van der Waals surface area contributed by atoms with Crippen molar-refractivity contribution in [2.45, 2.75) is 13.0 Å². The van der Waals surface area contributed by atoms with Crippen LogP contribution >= 0.6 is 0 Å². The third-order valence-electron chi connectivity index (χ3n) is 2.66. The molecule has 2 aromatic heterocycles. The zero-order chi connectivity index (χ0) is 13.1. The average molecular weight is 245 g/mol. The van der Waals surface area contributed by atoms with Crippen LogP contribution in [-0.4, -0.2) is 20.7 Å². The highest BCUT2D eigenvalue weighted by Crippen LogP contribution is 2.13. The molecular formula is C12H15N5O. The molecule has 0 aromatic carbocycles. The molecule has 18 heavy (non-hydrogen) atoms. The number of nitrogens with zero attached hydrogens (tertiary/aromatic N) is 3. The number of hydrogen-bond acceptors (Lipinski definition) is 4. The van der Waals surface area contributed by atoms with Gasteiger partial charge in [0.15, 0.2) is 0 Å². The second-order valence-corrected chi connectivity index (χ2v) is 4.02. The number of nitrogens with two attached hydrogens (primary N) is 1. The molecule has 94 valence electrons. The summed E-state index contributed by atoms with van der Waals surface area (Å²) < 4.78 is 1.45. The standard InChI is InChI=1S/C12H15N5O/c1-8(10-5-3-4-6-14-10)16-12(18)11-9(13)7-15-17(11)2/h3-8H,13H2,1-2H3,(H,16,18). The molecular weight excluding hydrogens is 230 g/mol. The Morgan fingerprint density at radius 2 is 2.28 bits per heavy atom. The van der Waals surface area contributed by atoms with Crippen LogP contribution in [0.5, 0.6) is 0 Å². The van der Waals surface area contributed by atoms with E-state index in [2.05, 4.69) is 15.4 Å². The van der Waals surface area contributed by atoms with E-state index in [0.29, 0.717) is 11.4 Å². The Kier molecular flexibility index (Phi) is 3.27. The lowest BCUT2D eigenvalue weighted by molar-refractivity contribution is 0.0930. The van der Waals surface area contributed by atoms with E-state index in [-0.39, 0.29) is 11.9 Å². The van der Waals surface area contributed by atoms with E-state index in [1.54, 1.807) is 13.2 Å². The third kappa shape index (κ3) is 2.32. The van der Waals surface area contributed by atoms with E-state index in [1.165, 1.54) is 10.9 Å². The smallest absolute Gasteiger partial charge is 0.272 e. The molecule has 6 heteroatoms. The quantitative estimate of drug-likeness (QED) is 0.840. The molecule has 0 saturated heterocycles. The van der Waals surface area contributed by atoms with E-state index in [1.807, 2.05) is 25.1 Å². The van der Waals surface area contributed by atoms with Gasteiger partial charge in [-0.1, -0.05) is 6.07 Å². The van der Waals surface area contributed by atoms with Crippen LogP contribution in [0.1, 0.15) is 29.1 Å². The Labute approximate surface area is 105 Å². The van der Waals surface area contributed by atoms with Crippen LogP contribution in [0, 0.1) is 0 Å². The number of anilines is 1. The summed E-state index contributed by atoms with van der Waals surface area (Å²) in [5.74, 6) is -0.259. The summed E-state index contributed by atoms with van der Waals surface area (Å²) in [5, 5.41) is 6.77. The van der Waals surface area contributed by atoms with E-state index in [0.717, 1.165) is 5.69 Å². The molecule has 1 amide bonds. The summed E-state index contributed by atoms with van der Waals surface area (Å²) in [7, 11) is 1.68. The number of nitrogen functional groups attached to an aromatic ring is 1. The van der Waals surface area contributed by atoms with Gasteiger partial charge in [0, 0.05) is 13.2 Å². The van der Waals surface area contributed by atoms with Gasteiger partial charge in [-0.15, -0.1) is 0 Å². The van der Waals surface area contributed by atoms with Crippen molar-refractivity contribution in [3.63, 3.8) is 0 Å². The number of nitrogens with one attached hydrogen (secondary N) is 1. The molecule has 0 fully saturated rings. The second kappa shape index (κ2) is 4.87. The highest BCUT2D eigenvalue weighted by molar-refractivity contribution is 5.97. The number of pyridine rings is 1. The fraction of sp³-hybridized carbons (Fsp3) is 0.250. The molecule has 0 aliphatic carbocycles. The molecule has 6 nitrogen and oxygen atoms in total. The van der Waals surface area contributed by atoms with Gasteiger partial charge in [-0.3, -0.25) is 14.5 Å². The Balaban J connectivity index is 2.13. The largest absolute Gasteiger partial charge is 0.396 e. The zero-order valence-corrected chi connectivity index (χ0v) is 10.3. The molecule has 0 aliphatic heterocycles. The van der Waals surface area contributed by atoms with Gasteiger partial charge in [-0.25, -0.2) is 0 Å². The minimum absolute atomic E-state index is 0.187. The first-order valence-electron chi connectivity index (χ1n) is 5.59. The maximum absolute atomic E-state index is 12.1. The molecule has 0 bridgehead atoms. The second-order valence-electron chi connectivity index (χ2n) is 4.02. The minimum Gasteiger partial charge on any atom is -0.396 e. The molecule has 2 rings (SSSR count). The number of aryl methyl sites for hydroxylation is 1. The lowest BCUT2D eigenvalue weighted by Crippen LogP contribution is -2.29. The average Bonchev–Trinajstić information content (AvgIpc) is 2.70.